The lowest BCUT2D eigenvalue weighted by atomic mass is 10.0. The lowest BCUT2D eigenvalue weighted by Crippen LogP contribution is -2.65. The zero-order chi connectivity index (χ0) is 15.6. The summed E-state index contributed by atoms with van der Waals surface area (Å²) in [5.74, 6) is 0. The molecule has 0 bridgehead atoms. The molecule has 0 aromatic rings. The van der Waals surface area contributed by atoms with E-state index in [1.165, 1.54) is 0 Å². The second kappa shape index (κ2) is 9.65. The van der Waals surface area contributed by atoms with Gasteiger partial charge in [0.05, 0.1) is 11.2 Å². The Labute approximate surface area is 128 Å². The van der Waals surface area contributed by atoms with Gasteiger partial charge in [-0.1, -0.05) is 0 Å². The molecule has 10 N–H and O–H groups in total. The monoisotopic (exact) mass is 302 g/mol. The van der Waals surface area contributed by atoms with Crippen molar-refractivity contribution in [1.82, 2.24) is 31.9 Å². The average Bonchev–Trinajstić information content (AvgIpc) is 2.43. The Kier molecular flexibility index (Phi) is 8.60. The minimum absolute atomic E-state index is 0.284. The first kappa shape index (κ1) is 18.7. The molecule has 1 fully saturated rings. The lowest BCUT2D eigenvalue weighted by molar-refractivity contribution is 0.309. The first-order valence-corrected chi connectivity index (χ1v) is 7.78. The van der Waals surface area contributed by atoms with Crippen LogP contribution in [0.3, 0.4) is 0 Å². The van der Waals surface area contributed by atoms with Crippen molar-refractivity contribution in [3.05, 3.63) is 0 Å². The Morgan fingerprint density at radius 3 is 1.90 bits per heavy atom. The molecule has 0 saturated carbocycles. The van der Waals surface area contributed by atoms with Gasteiger partial charge in [0, 0.05) is 58.9 Å². The first-order chi connectivity index (χ1) is 10.0. The summed E-state index contributed by atoms with van der Waals surface area (Å²) in [7, 11) is 3.84. The van der Waals surface area contributed by atoms with Gasteiger partial charge < -0.3 is 38.1 Å². The third-order valence-electron chi connectivity index (χ3n) is 3.67. The highest BCUT2D eigenvalue weighted by Gasteiger charge is 2.25. The maximum absolute atomic E-state index is 6.43. The summed E-state index contributed by atoms with van der Waals surface area (Å²) in [5, 5.41) is 19.9. The van der Waals surface area contributed by atoms with Gasteiger partial charge in [0.25, 0.3) is 0 Å². The van der Waals surface area contributed by atoms with E-state index < -0.39 is 5.66 Å². The Morgan fingerprint density at radius 2 is 1.33 bits per heavy atom. The highest BCUT2D eigenvalue weighted by molar-refractivity contribution is 4.92. The molecule has 21 heavy (non-hydrogen) atoms. The molecule has 0 aromatic heterocycles. The molecule has 0 aliphatic carbocycles. The van der Waals surface area contributed by atoms with E-state index in [2.05, 4.69) is 31.9 Å². The van der Waals surface area contributed by atoms with E-state index in [1.54, 1.807) is 0 Å². The van der Waals surface area contributed by atoms with Gasteiger partial charge in [-0.15, -0.1) is 0 Å². The fourth-order valence-electron chi connectivity index (χ4n) is 2.61. The maximum Gasteiger partial charge on any atom is 0.0918 e. The minimum Gasteiger partial charge on any atom is -0.322 e. The summed E-state index contributed by atoms with van der Waals surface area (Å²) in [4.78, 5) is 0. The standard InChI is InChI=1S/C13H34N8/c1-16-7-12(14)8-18-3-4-20-11-13(15,10-17-2)21-6-5-19-9-12/h16-21H,3-11,14-15H2,1-2H3/t12-,13?/m0/s1. The molecule has 0 amide bonds. The minimum atomic E-state index is -0.435. The van der Waals surface area contributed by atoms with E-state index in [0.29, 0.717) is 6.54 Å². The molecule has 1 aliphatic heterocycles. The highest BCUT2D eigenvalue weighted by Crippen LogP contribution is 1.96. The van der Waals surface area contributed by atoms with Crippen LogP contribution < -0.4 is 43.4 Å². The van der Waals surface area contributed by atoms with Gasteiger partial charge in [-0.05, 0) is 14.1 Å². The molecule has 1 unspecified atom stereocenters. The third kappa shape index (κ3) is 7.48. The maximum atomic E-state index is 6.43. The summed E-state index contributed by atoms with van der Waals surface area (Å²) >= 11 is 0. The number of nitrogens with one attached hydrogen (secondary N) is 6. The summed E-state index contributed by atoms with van der Waals surface area (Å²) in [6.07, 6.45) is 0. The Hall–Kier alpha value is -0.320. The molecule has 2 atom stereocenters. The number of nitrogens with two attached hydrogens (primary N) is 2. The van der Waals surface area contributed by atoms with Gasteiger partial charge in [-0.25, -0.2) is 0 Å². The molecule has 1 aliphatic rings. The SMILES string of the molecule is CNCC1(N)CNCCNC[C@@](N)(CNC)CNCCN1. The zero-order valence-electron chi connectivity index (χ0n) is 13.5. The van der Waals surface area contributed by atoms with Crippen LogP contribution in [0.5, 0.6) is 0 Å². The number of hydrogen-bond acceptors (Lipinski definition) is 8. The average molecular weight is 302 g/mol. The fraction of sp³-hybridized carbons (Fsp3) is 1.00. The first-order valence-electron chi connectivity index (χ1n) is 7.78. The molecular formula is C13H34N8. The van der Waals surface area contributed by atoms with Crippen LogP contribution in [0.15, 0.2) is 0 Å². The molecule has 1 heterocycles. The fourth-order valence-corrected chi connectivity index (χ4v) is 2.61. The van der Waals surface area contributed by atoms with Crippen LogP contribution >= 0.6 is 0 Å². The Morgan fingerprint density at radius 1 is 0.810 bits per heavy atom. The van der Waals surface area contributed by atoms with Crippen LogP contribution in [0, 0.1) is 0 Å². The largest absolute Gasteiger partial charge is 0.322 e. The van der Waals surface area contributed by atoms with E-state index in [4.69, 9.17) is 11.5 Å². The van der Waals surface area contributed by atoms with Crippen LogP contribution in [0.1, 0.15) is 0 Å². The van der Waals surface area contributed by atoms with Crippen molar-refractivity contribution < 1.29 is 0 Å². The van der Waals surface area contributed by atoms with Gasteiger partial charge >= 0.3 is 0 Å². The van der Waals surface area contributed by atoms with E-state index in [1.807, 2.05) is 14.1 Å². The van der Waals surface area contributed by atoms with Crippen LogP contribution in [0.4, 0.5) is 0 Å². The second-order valence-corrected chi connectivity index (χ2v) is 6.04. The van der Waals surface area contributed by atoms with Crippen molar-refractivity contribution in [3.8, 4) is 0 Å². The van der Waals surface area contributed by atoms with Crippen molar-refractivity contribution in [2.45, 2.75) is 11.2 Å². The van der Waals surface area contributed by atoms with Gasteiger partial charge in [0.15, 0.2) is 0 Å². The van der Waals surface area contributed by atoms with Crippen LogP contribution in [0.2, 0.25) is 0 Å². The quantitative estimate of drug-likeness (QED) is 0.265. The topological polar surface area (TPSA) is 124 Å². The van der Waals surface area contributed by atoms with Crippen molar-refractivity contribution >= 4 is 0 Å². The van der Waals surface area contributed by atoms with E-state index >= 15 is 0 Å². The van der Waals surface area contributed by atoms with E-state index in [9.17, 15) is 0 Å². The number of likely N-dealkylation sites (N-methyl/N-ethyl adjacent to an activating group) is 2. The normalized spacial score (nSPS) is 33.7. The molecule has 0 aromatic carbocycles. The van der Waals surface area contributed by atoms with E-state index in [-0.39, 0.29) is 5.54 Å². The highest BCUT2D eigenvalue weighted by atomic mass is 15.2. The zero-order valence-corrected chi connectivity index (χ0v) is 13.5. The number of hydrogen-bond donors (Lipinski definition) is 8. The molecule has 8 nitrogen and oxygen atoms in total. The number of rotatable bonds is 4. The summed E-state index contributed by atoms with van der Waals surface area (Å²) < 4.78 is 0. The smallest absolute Gasteiger partial charge is 0.0918 e. The van der Waals surface area contributed by atoms with Gasteiger partial charge in [-0.2, -0.15) is 0 Å². The van der Waals surface area contributed by atoms with Crippen molar-refractivity contribution in [3.63, 3.8) is 0 Å². The predicted octanol–water partition coefficient (Wildman–Crippen LogP) is -3.85. The summed E-state index contributed by atoms with van der Waals surface area (Å²) in [5.41, 5.74) is 12.1. The Balaban J connectivity index is 2.52. The van der Waals surface area contributed by atoms with Gasteiger partial charge in [-0.3, -0.25) is 5.32 Å². The van der Waals surface area contributed by atoms with Crippen molar-refractivity contribution in [2.24, 2.45) is 11.5 Å². The molecular weight excluding hydrogens is 268 g/mol. The molecule has 8 heteroatoms. The predicted molar refractivity (Wildman–Crippen MR) is 88.3 cm³/mol. The summed E-state index contributed by atoms with van der Waals surface area (Å²) in [6.45, 7) is 7.14. The van der Waals surface area contributed by atoms with Crippen LogP contribution in [-0.4, -0.2) is 84.2 Å². The Bertz CT molecular complexity index is 251. The van der Waals surface area contributed by atoms with Crippen LogP contribution in [-0.2, 0) is 0 Å². The second-order valence-electron chi connectivity index (χ2n) is 6.04. The van der Waals surface area contributed by atoms with Crippen molar-refractivity contribution in [2.75, 3.05) is 73.0 Å². The van der Waals surface area contributed by atoms with E-state index in [0.717, 1.165) is 52.4 Å². The molecule has 126 valence electrons. The summed E-state index contributed by atoms with van der Waals surface area (Å²) in [6, 6.07) is 0. The molecule has 0 radical (unpaired) electrons. The molecule has 0 spiro atoms. The van der Waals surface area contributed by atoms with Gasteiger partial charge in [0.2, 0.25) is 0 Å². The third-order valence-corrected chi connectivity index (χ3v) is 3.67. The lowest BCUT2D eigenvalue weighted by Gasteiger charge is -2.31. The van der Waals surface area contributed by atoms with Crippen molar-refractivity contribution in [1.29, 1.82) is 0 Å². The van der Waals surface area contributed by atoms with Gasteiger partial charge in [0.1, 0.15) is 0 Å². The molecule has 1 saturated heterocycles. The molecule has 1 rings (SSSR count). The van der Waals surface area contributed by atoms with Crippen LogP contribution in [0.25, 0.3) is 0 Å².